The number of halogens is 3. The van der Waals surface area contributed by atoms with E-state index >= 15 is 0 Å². The van der Waals surface area contributed by atoms with Crippen LogP contribution in [0.4, 0.5) is 13.2 Å². The standard InChI is InChI=1S/C11H14F3NOS/c12-11(13,14)9-6-8(7-15)2-3-10(9)17-5-1-4-16/h2-3,6,16H,1,4-5,7,15H2. The molecule has 0 heterocycles. The first kappa shape index (κ1) is 14.3. The smallest absolute Gasteiger partial charge is 0.396 e. The Balaban J connectivity index is 2.95. The molecule has 1 aromatic carbocycles. The van der Waals surface area contributed by atoms with E-state index in [1.165, 1.54) is 6.07 Å². The molecule has 0 radical (unpaired) electrons. The minimum absolute atomic E-state index is 0.0186. The number of hydrogen-bond donors (Lipinski definition) is 2. The molecule has 0 unspecified atom stereocenters. The zero-order valence-electron chi connectivity index (χ0n) is 9.13. The molecule has 0 fully saturated rings. The van der Waals surface area contributed by atoms with Gasteiger partial charge in [0, 0.05) is 23.8 Å². The molecule has 1 rings (SSSR count). The molecular formula is C11H14F3NOS. The second kappa shape index (κ2) is 6.28. The van der Waals surface area contributed by atoms with E-state index in [0.717, 1.165) is 17.8 Å². The van der Waals surface area contributed by atoms with Gasteiger partial charge in [-0.05, 0) is 24.1 Å². The third-order valence-corrected chi connectivity index (χ3v) is 3.30. The van der Waals surface area contributed by atoms with Crippen LogP contribution >= 0.6 is 11.8 Å². The van der Waals surface area contributed by atoms with Gasteiger partial charge in [-0.25, -0.2) is 0 Å². The molecule has 0 saturated heterocycles. The van der Waals surface area contributed by atoms with E-state index in [9.17, 15) is 13.2 Å². The molecule has 2 nitrogen and oxygen atoms in total. The quantitative estimate of drug-likeness (QED) is 0.635. The minimum Gasteiger partial charge on any atom is -0.396 e. The number of aliphatic hydroxyl groups excluding tert-OH is 1. The molecule has 3 N–H and O–H groups in total. The van der Waals surface area contributed by atoms with Crippen molar-refractivity contribution >= 4 is 11.8 Å². The van der Waals surface area contributed by atoms with Crippen molar-refractivity contribution in [1.82, 2.24) is 0 Å². The SMILES string of the molecule is NCc1ccc(SCCCO)c(C(F)(F)F)c1. The Morgan fingerprint density at radius 1 is 1.29 bits per heavy atom. The molecule has 96 valence electrons. The van der Waals surface area contributed by atoms with Crippen molar-refractivity contribution in [2.75, 3.05) is 12.4 Å². The summed E-state index contributed by atoms with van der Waals surface area (Å²) in [4.78, 5) is 0.183. The van der Waals surface area contributed by atoms with E-state index in [1.807, 2.05) is 0 Å². The first-order valence-corrected chi connectivity index (χ1v) is 6.11. The summed E-state index contributed by atoms with van der Waals surface area (Å²) in [6, 6.07) is 4.12. The van der Waals surface area contributed by atoms with Crippen molar-refractivity contribution in [2.45, 2.75) is 24.0 Å². The van der Waals surface area contributed by atoms with Gasteiger partial charge in [0.25, 0.3) is 0 Å². The topological polar surface area (TPSA) is 46.2 Å². The lowest BCUT2D eigenvalue weighted by atomic mass is 10.1. The molecule has 0 aliphatic rings. The van der Waals surface area contributed by atoms with Gasteiger partial charge in [0.2, 0.25) is 0 Å². The molecule has 0 saturated carbocycles. The predicted octanol–water partition coefficient (Wildman–Crippen LogP) is 2.64. The average Bonchev–Trinajstić information content (AvgIpc) is 2.28. The number of thioether (sulfide) groups is 1. The van der Waals surface area contributed by atoms with Gasteiger partial charge in [0.15, 0.2) is 0 Å². The van der Waals surface area contributed by atoms with Crippen LogP contribution in [0.15, 0.2) is 23.1 Å². The Labute approximate surface area is 102 Å². The van der Waals surface area contributed by atoms with Crippen LogP contribution in [0.3, 0.4) is 0 Å². The number of rotatable bonds is 5. The third-order valence-electron chi connectivity index (χ3n) is 2.15. The van der Waals surface area contributed by atoms with Gasteiger partial charge in [-0.1, -0.05) is 6.07 Å². The molecule has 0 spiro atoms. The summed E-state index contributed by atoms with van der Waals surface area (Å²) < 4.78 is 38.3. The summed E-state index contributed by atoms with van der Waals surface area (Å²) in [7, 11) is 0. The number of nitrogens with two attached hydrogens (primary N) is 1. The van der Waals surface area contributed by atoms with Gasteiger partial charge < -0.3 is 10.8 Å². The number of aliphatic hydroxyl groups is 1. The normalized spacial score (nSPS) is 11.8. The maximum absolute atomic E-state index is 12.8. The van der Waals surface area contributed by atoms with Crippen LogP contribution in [0, 0.1) is 0 Å². The lowest BCUT2D eigenvalue weighted by Gasteiger charge is -2.13. The van der Waals surface area contributed by atoms with Crippen molar-refractivity contribution in [1.29, 1.82) is 0 Å². The van der Waals surface area contributed by atoms with E-state index in [1.54, 1.807) is 6.07 Å². The Morgan fingerprint density at radius 3 is 2.53 bits per heavy atom. The summed E-state index contributed by atoms with van der Waals surface area (Å²) >= 11 is 1.10. The van der Waals surface area contributed by atoms with Gasteiger partial charge in [0.1, 0.15) is 0 Å². The highest BCUT2D eigenvalue weighted by Crippen LogP contribution is 2.37. The molecule has 0 aliphatic carbocycles. The summed E-state index contributed by atoms with van der Waals surface area (Å²) in [6.45, 7) is 0.0693. The van der Waals surface area contributed by atoms with Crippen LogP contribution in [0.2, 0.25) is 0 Å². The van der Waals surface area contributed by atoms with Crippen molar-refractivity contribution in [3.63, 3.8) is 0 Å². The first-order chi connectivity index (χ1) is 7.99. The molecule has 0 amide bonds. The largest absolute Gasteiger partial charge is 0.417 e. The first-order valence-electron chi connectivity index (χ1n) is 5.13. The molecule has 0 aromatic heterocycles. The minimum atomic E-state index is -4.37. The van der Waals surface area contributed by atoms with Gasteiger partial charge in [-0.2, -0.15) is 13.2 Å². The van der Waals surface area contributed by atoms with Crippen LogP contribution < -0.4 is 5.73 Å². The van der Waals surface area contributed by atoms with Crippen molar-refractivity contribution in [3.05, 3.63) is 29.3 Å². The molecule has 17 heavy (non-hydrogen) atoms. The van der Waals surface area contributed by atoms with Crippen molar-refractivity contribution in [2.24, 2.45) is 5.73 Å². The number of hydrogen-bond acceptors (Lipinski definition) is 3. The molecule has 0 bridgehead atoms. The van der Waals surface area contributed by atoms with Gasteiger partial charge in [-0.15, -0.1) is 11.8 Å². The van der Waals surface area contributed by atoms with Gasteiger partial charge in [0.05, 0.1) is 5.56 Å². The zero-order chi connectivity index (χ0) is 12.9. The summed E-state index contributed by atoms with van der Waals surface area (Å²) in [5, 5.41) is 8.60. The summed E-state index contributed by atoms with van der Waals surface area (Å²) in [5.41, 5.74) is 5.14. The monoisotopic (exact) mass is 265 g/mol. The van der Waals surface area contributed by atoms with E-state index in [2.05, 4.69) is 0 Å². The van der Waals surface area contributed by atoms with Crippen LogP contribution in [0.25, 0.3) is 0 Å². The zero-order valence-corrected chi connectivity index (χ0v) is 9.94. The van der Waals surface area contributed by atoms with E-state index < -0.39 is 11.7 Å². The fourth-order valence-electron chi connectivity index (χ4n) is 1.30. The highest BCUT2D eigenvalue weighted by molar-refractivity contribution is 7.99. The predicted molar refractivity (Wildman–Crippen MR) is 61.8 cm³/mol. The molecule has 0 aliphatic heterocycles. The summed E-state index contributed by atoms with van der Waals surface area (Å²) in [5.74, 6) is 0.460. The van der Waals surface area contributed by atoms with E-state index in [-0.39, 0.29) is 18.0 Å². The van der Waals surface area contributed by atoms with Crippen LogP contribution in [0.1, 0.15) is 17.5 Å². The van der Waals surface area contributed by atoms with Crippen molar-refractivity contribution < 1.29 is 18.3 Å². The second-order valence-corrected chi connectivity index (χ2v) is 4.59. The molecule has 6 heteroatoms. The average molecular weight is 265 g/mol. The summed E-state index contributed by atoms with van der Waals surface area (Å²) in [6.07, 6.45) is -3.90. The molecule has 1 aromatic rings. The fourth-order valence-corrected chi connectivity index (χ4v) is 2.29. The lowest BCUT2D eigenvalue weighted by molar-refractivity contribution is -0.139. The Kier molecular flexibility index (Phi) is 5.30. The highest BCUT2D eigenvalue weighted by atomic mass is 32.2. The van der Waals surface area contributed by atoms with Crippen molar-refractivity contribution in [3.8, 4) is 0 Å². The Morgan fingerprint density at radius 2 is 2.00 bits per heavy atom. The van der Waals surface area contributed by atoms with Crippen LogP contribution in [-0.2, 0) is 12.7 Å². The van der Waals surface area contributed by atoms with Crippen LogP contribution in [-0.4, -0.2) is 17.5 Å². The highest BCUT2D eigenvalue weighted by Gasteiger charge is 2.33. The Bertz CT molecular complexity index is 368. The third kappa shape index (κ3) is 4.22. The number of benzene rings is 1. The number of alkyl halides is 3. The fraction of sp³-hybridized carbons (Fsp3) is 0.455. The van der Waals surface area contributed by atoms with E-state index in [0.29, 0.717) is 17.7 Å². The van der Waals surface area contributed by atoms with Gasteiger partial charge in [-0.3, -0.25) is 0 Å². The van der Waals surface area contributed by atoms with Gasteiger partial charge >= 0.3 is 6.18 Å². The van der Waals surface area contributed by atoms with E-state index in [4.69, 9.17) is 10.8 Å². The van der Waals surface area contributed by atoms with Crippen LogP contribution in [0.5, 0.6) is 0 Å². The Hall–Kier alpha value is -0.720. The second-order valence-electron chi connectivity index (χ2n) is 3.46. The molecule has 0 atom stereocenters. The maximum Gasteiger partial charge on any atom is 0.417 e. The maximum atomic E-state index is 12.8. The lowest BCUT2D eigenvalue weighted by Crippen LogP contribution is -2.09. The molecular weight excluding hydrogens is 251 g/mol.